The van der Waals surface area contributed by atoms with Gasteiger partial charge < -0.3 is 9.73 Å². The molecule has 1 aliphatic rings. The van der Waals surface area contributed by atoms with Gasteiger partial charge in [0.15, 0.2) is 0 Å². The molecule has 3 unspecified atom stereocenters. The lowest BCUT2D eigenvalue weighted by Gasteiger charge is -2.33. The Morgan fingerprint density at radius 1 is 1.44 bits per heavy atom. The van der Waals surface area contributed by atoms with E-state index in [2.05, 4.69) is 24.1 Å². The third kappa shape index (κ3) is 2.85. The van der Waals surface area contributed by atoms with E-state index in [0.29, 0.717) is 6.04 Å². The molecule has 0 aromatic carbocycles. The number of hydrogen-bond donors (Lipinski definition) is 1. The third-order valence-electron chi connectivity index (χ3n) is 3.64. The lowest BCUT2D eigenvalue weighted by atomic mass is 9.80. The molecule has 2 rings (SSSR count). The van der Waals surface area contributed by atoms with Crippen LogP contribution in [-0.4, -0.2) is 11.0 Å². The van der Waals surface area contributed by atoms with Gasteiger partial charge >= 0.3 is 0 Å². The highest BCUT2D eigenvalue weighted by molar-refractivity contribution is 4.91. The standard InChI is InChI=1S/C13H22N2O/c1-9-4-5-10(2)12(6-9)14-8-13-15-7-11(3)16-13/h7,9-10,12,14H,4-6,8H2,1-3H3. The van der Waals surface area contributed by atoms with Crippen LogP contribution in [0.15, 0.2) is 10.6 Å². The Labute approximate surface area is 97.6 Å². The topological polar surface area (TPSA) is 38.1 Å². The number of nitrogens with zero attached hydrogens (tertiary/aromatic N) is 1. The molecule has 0 radical (unpaired) electrons. The average Bonchev–Trinajstić information content (AvgIpc) is 2.66. The zero-order chi connectivity index (χ0) is 11.5. The van der Waals surface area contributed by atoms with Gasteiger partial charge in [0.2, 0.25) is 5.89 Å². The van der Waals surface area contributed by atoms with Crippen LogP contribution in [0.5, 0.6) is 0 Å². The van der Waals surface area contributed by atoms with Gasteiger partial charge in [0, 0.05) is 6.04 Å². The number of oxazole rings is 1. The van der Waals surface area contributed by atoms with Gasteiger partial charge in [-0.3, -0.25) is 0 Å². The molecule has 16 heavy (non-hydrogen) atoms. The van der Waals surface area contributed by atoms with Crippen LogP contribution in [0.2, 0.25) is 0 Å². The van der Waals surface area contributed by atoms with Crippen LogP contribution in [0.1, 0.15) is 44.8 Å². The SMILES string of the molecule is Cc1cnc(CNC2CC(C)CCC2C)o1. The zero-order valence-electron chi connectivity index (χ0n) is 10.5. The van der Waals surface area contributed by atoms with Crippen molar-refractivity contribution < 1.29 is 4.42 Å². The smallest absolute Gasteiger partial charge is 0.208 e. The predicted molar refractivity (Wildman–Crippen MR) is 64.0 cm³/mol. The quantitative estimate of drug-likeness (QED) is 0.854. The van der Waals surface area contributed by atoms with E-state index >= 15 is 0 Å². The first kappa shape index (κ1) is 11.6. The summed E-state index contributed by atoms with van der Waals surface area (Å²) in [6, 6.07) is 0.621. The molecular weight excluding hydrogens is 200 g/mol. The van der Waals surface area contributed by atoms with Crippen molar-refractivity contribution in [1.82, 2.24) is 10.3 Å². The van der Waals surface area contributed by atoms with E-state index in [9.17, 15) is 0 Å². The molecule has 1 aliphatic carbocycles. The second-order valence-corrected chi connectivity index (χ2v) is 5.25. The lowest BCUT2D eigenvalue weighted by Crippen LogP contribution is -2.39. The second-order valence-electron chi connectivity index (χ2n) is 5.25. The average molecular weight is 222 g/mol. The van der Waals surface area contributed by atoms with Crippen molar-refractivity contribution in [3.63, 3.8) is 0 Å². The summed E-state index contributed by atoms with van der Waals surface area (Å²) in [6.45, 7) is 7.37. The number of aryl methyl sites for hydroxylation is 1. The lowest BCUT2D eigenvalue weighted by molar-refractivity contribution is 0.222. The van der Waals surface area contributed by atoms with Crippen molar-refractivity contribution in [2.24, 2.45) is 11.8 Å². The molecule has 0 spiro atoms. The van der Waals surface area contributed by atoms with Crippen molar-refractivity contribution in [3.8, 4) is 0 Å². The van der Waals surface area contributed by atoms with Crippen molar-refractivity contribution in [2.75, 3.05) is 0 Å². The minimum atomic E-state index is 0.621. The van der Waals surface area contributed by atoms with Crippen LogP contribution in [-0.2, 0) is 6.54 Å². The van der Waals surface area contributed by atoms with Crippen LogP contribution in [0.25, 0.3) is 0 Å². The second kappa shape index (κ2) is 5.00. The maximum absolute atomic E-state index is 5.46. The molecule has 1 fully saturated rings. The van der Waals surface area contributed by atoms with E-state index in [1.165, 1.54) is 19.3 Å². The van der Waals surface area contributed by atoms with Crippen molar-refractivity contribution in [3.05, 3.63) is 17.8 Å². The number of hydrogen-bond acceptors (Lipinski definition) is 3. The molecule has 0 amide bonds. The number of aromatic nitrogens is 1. The Morgan fingerprint density at radius 2 is 2.25 bits per heavy atom. The van der Waals surface area contributed by atoms with Gasteiger partial charge in [-0.1, -0.05) is 20.3 Å². The summed E-state index contributed by atoms with van der Waals surface area (Å²) >= 11 is 0. The molecule has 3 heteroatoms. The normalized spacial score (nSPS) is 30.6. The van der Waals surface area contributed by atoms with E-state index in [-0.39, 0.29) is 0 Å². The molecule has 90 valence electrons. The zero-order valence-corrected chi connectivity index (χ0v) is 10.5. The molecule has 1 N–H and O–H groups in total. The Hall–Kier alpha value is -0.830. The molecule has 1 aromatic heterocycles. The van der Waals surface area contributed by atoms with Crippen molar-refractivity contribution in [1.29, 1.82) is 0 Å². The highest BCUT2D eigenvalue weighted by atomic mass is 16.4. The summed E-state index contributed by atoms with van der Waals surface area (Å²) < 4.78 is 5.46. The first-order valence-electron chi connectivity index (χ1n) is 6.30. The van der Waals surface area contributed by atoms with E-state index in [0.717, 1.165) is 30.0 Å². The van der Waals surface area contributed by atoms with Gasteiger partial charge in [0.25, 0.3) is 0 Å². The molecule has 0 saturated heterocycles. The van der Waals surface area contributed by atoms with Crippen LogP contribution >= 0.6 is 0 Å². The maximum atomic E-state index is 5.46. The van der Waals surface area contributed by atoms with Crippen LogP contribution in [0.3, 0.4) is 0 Å². The van der Waals surface area contributed by atoms with Crippen LogP contribution < -0.4 is 5.32 Å². The summed E-state index contributed by atoms with van der Waals surface area (Å²) in [5.41, 5.74) is 0. The monoisotopic (exact) mass is 222 g/mol. The summed E-state index contributed by atoms with van der Waals surface area (Å²) in [4.78, 5) is 4.22. The molecule has 1 aromatic rings. The van der Waals surface area contributed by atoms with Crippen molar-refractivity contribution in [2.45, 2.75) is 52.6 Å². The predicted octanol–water partition coefficient (Wildman–Crippen LogP) is 2.90. The van der Waals surface area contributed by atoms with Gasteiger partial charge in [0.1, 0.15) is 5.76 Å². The molecule has 0 aliphatic heterocycles. The minimum absolute atomic E-state index is 0.621. The number of nitrogens with one attached hydrogen (secondary N) is 1. The van der Waals surface area contributed by atoms with Gasteiger partial charge in [0.05, 0.1) is 12.7 Å². The molecular formula is C13H22N2O. The summed E-state index contributed by atoms with van der Waals surface area (Å²) in [5.74, 6) is 3.32. The molecule has 3 nitrogen and oxygen atoms in total. The third-order valence-corrected chi connectivity index (χ3v) is 3.64. The highest BCUT2D eigenvalue weighted by Gasteiger charge is 2.25. The van der Waals surface area contributed by atoms with E-state index in [1.54, 1.807) is 6.20 Å². The number of rotatable bonds is 3. The molecule has 3 atom stereocenters. The maximum Gasteiger partial charge on any atom is 0.208 e. The van der Waals surface area contributed by atoms with E-state index in [1.807, 2.05) is 6.92 Å². The minimum Gasteiger partial charge on any atom is -0.445 e. The fourth-order valence-corrected chi connectivity index (χ4v) is 2.52. The molecule has 1 saturated carbocycles. The molecule has 0 bridgehead atoms. The van der Waals surface area contributed by atoms with Crippen molar-refractivity contribution >= 4 is 0 Å². The Balaban J connectivity index is 1.84. The summed E-state index contributed by atoms with van der Waals surface area (Å²) in [5, 5.41) is 3.58. The highest BCUT2D eigenvalue weighted by Crippen LogP contribution is 2.28. The Bertz CT molecular complexity index is 334. The summed E-state index contributed by atoms with van der Waals surface area (Å²) in [6.07, 6.45) is 5.77. The van der Waals surface area contributed by atoms with E-state index < -0.39 is 0 Å². The van der Waals surface area contributed by atoms with Gasteiger partial charge in [-0.05, 0) is 31.6 Å². The fraction of sp³-hybridized carbons (Fsp3) is 0.769. The van der Waals surface area contributed by atoms with Crippen LogP contribution in [0, 0.1) is 18.8 Å². The fourth-order valence-electron chi connectivity index (χ4n) is 2.52. The Kier molecular flexibility index (Phi) is 3.64. The van der Waals surface area contributed by atoms with Crippen LogP contribution in [0.4, 0.5) is 0 Å². The van der Waals surface area contributed by atoms with Gasteiger partial charge in [-0.25, -0.2) is 4.98 Å². The first-order chi connectivity index (χ1) is 7.65. The largest absolute Gasteiger partial charge is 0.445 e. The van der Waals surface area contributed by atoms with E-state index in [4.69, 9.17) is 4.42 Å². The summed E-state index contributed by atoms with van der Waals surface area (Å²) in [7, 11) is 0. The molecule has 1 heterocycles. The van der Waals surface area contributed by atoms with Gasteiger partial charge in [-0.15, -0.1) is 0 Å². The first-order valence-corrected chi connectivity index (χ1v) is 6.30. The van der Waals surface area contributed by atoms with Gasteiger partial charge in [-0.2, -0.15) is 0 Å². The Morgan fingerprint density at radius 3 is 2.94 bits per heavy atom.